The van der Waals surface area contributed by atoms with Crippen molar-refractivity contribution >= 4 is 28.3 Å². The fourth-order valence-electron chi connectivity index (χ4n) is 3.43. The van der Waals surface area contributed by atoms with Gasteiger partial charge < -0.3 is 19.2 Å². The average molecular weight is 433 g/mol. The van der Waals surface area contributed by atoms with Gasteiger partial charge in [-0.1, -0.05) is 0 Å². The number of carbonyl (C=O) groups is 2. The summed E-state index contributed by atoms with van der Waals surface area (Å²) in [4.78, 5) is 25.5. The normalized spacial score (nSPS) is 10.8. The molecular weight excluding hydrogens is 413 g/mol. The molecule has 0 fully saturated rings. The van der Waals surface area contributed by atoms with E-state index < -0.39 is 5.82 Å². The first-order valence-corrected chi connectivity index (χ1v) is 9.78. The predicted molar refractivity (Wildman–Crippen MR) is 118 cm³/mol. The van der Waals surface area contributed by atoms with E-state index in [-0.39, 0.29) is 17.5 Å². The summed E-state index contributed by atoms with van der Waals surface area (Å²) in [6, 6.07) is 15.3. The van der Waals surface area contributed by atoms with Crippen LogP contribution in [0.4, 0.5) is 10.1 Å². The zero-order valence-corrected chi connectivity index (χ0v) is 17.7. The average Bonchev–Trinajstić information content (AvgIpc) is 3.14. The van der Waals surface area contributed by atoms with Crippen molar-refractivity contribution in [3.8, 4) is 11.5 Å². The molecule has 1 aromatic heterocycles. The van der Waals surface area contributed by atoms with Crippen LogP contribution in [0.15, 0.2) is 65.1 Å². The van der Waals surface area contributed by atoms with Gasteiger partial charge in [0.1, 0.15) is 11.4 Å². The topological polar surface area (TPSA) is 77.8 Å². The number of carbonyl (C=O) groups excluding carboxylic acids is 2. The van der Waals surface area contributed by atoms with E-state index in [0.717, 1.165) is 5.39 Å². The number of halogens is 1. The Morgan fingerprint density at radius 3 is 2.25 bits per heavy atom. The van der Waals surface area contributed by atoms with Crippen molar-refractivity contribution < 1.29 is 27.9 Å². The number of hydrogen-bond acceptors (Lipinski definition) is 5. The standard InChI is InChI=1S/C25H20FNO5/c1-14-19-10-9-18(27-25(29)15-4-7-17(26)8-5-15)13-21(19)32-24(14)23(28)16-6-11-20(30-2)22(12-16)31-3/h4-13H,1-3H3,(H,27,29). The molecule has 0 saturated carbocycles. The summed E-state index contributed by atoms with van der Waals surface area (Å²) in [7, 11) is 3.02. The molecule has 4 rings (SSSR count). The van der Waals surface area contributed by atoms with E-state index in [0.29, 0.717) is 39.5 Å². The van der Waals surface area contributed by atoms with Gasteiger partial charge in [0.25, 0.3) is 5.91 Å². The van der Waals surface area contributed by atoms with Gasteiger partial charge in [0, 0.05) is 33.8 Å². The number of fused-ring (bicyclic) bond motifs is 1. The summed E-state index contributed by atoms with van der Waals surface area (Å²) in [5.41, 5.74) is 2.37. The number of methoxy groups -OCH3 is 2. The molecule has 4 aromatic rings. The third-order valence-electron chi connectivity index (χ3n) is 5.15. The van der Waals surface area contributed by atoms with Crippen LogP contribution >= 0.6 is 0 Å². The van der Waals surface area contributed by atoms with E-state index >= 15 is 0 Å². The van der Waals surface area contributed by atoms with Crippen LogP contribution in [0.25, 0.3) is 11.0 Å². The van der Waals surface area contributed by atoms with E-state index in [1.165, 1.54) is 38.5 Å². The second-order valence-corrected chi connectivity index (χ2v) is 7.13. The number of hydrogen-bond donors (Lipinski definition) is 1. The summed E-state index contributed by atoms with van der Waals surface area (Å²) < 4.78 is 29.4. The minimum atomic E-state index is -0.416. The van der Waals surface area contributed by atoms with Crippen LogP contribution < -0.4 is 14.8 Å². The smallest absolute Gasteiger partial charge is 0.255 e. The molecule has 0 aliphatic heterocycles. The summed E-state index contributed by atoms with van der Waals surface area (Å²) in [5, 5.41) is 3.51. The van der Waals surface area contributed by atoms with E-state index in [4.69, 9.17) is 13.9 Å². The fourth-order valence-corrected chi connectivity index (χ4v) is 3.43. The number of aryl methyl sites for hydroxylation is 1. The molecule has 0 spiro atoms. The Labute approximate surface area is 183 Å². The van der Waals surface area contributed by atoms with Crippen LogP contribution in [0.3, 0.4) is 0 Å². The van der Waals surface area contributed by atoms with Crippen molar-refractivity contribution in [2.24, 2.45) is 0 Å². The zero-order chi connectivity index (χ0) is 22.8. The highest BCUT2D eigenvalue weighted by molar-refractivity contribution is 6.11. The summed E-state index contributed by atoms with van der Waals surface area (Å²) >= 11 is 0. The zero-order valence-electron chi connectivity index (χ0n) is 17.7. The second-order valence-electron chi connectivity index (χ2n) is 7.13. The van der Waals surface area contributed by atoms with Crippen molar-refractivity contribution in [2.45, 2.75) is 6.92 Å². The summed E-state index contributed by atoms with van der Waals surface area (Å²) in [5.74, 6) is 0.0746. The lowest BCUT2D eigenvalue weighted by Gasteiger charge is -2.08. The molecule has 1 amide bonds. The maximum atomic E-state index is 13.1. The Kier molecular flexibility index (Phi) is 5.64. The largest absolute Gasteiger partial charge is 0.493 e. The molecule has 0 bridgehead atoms. The molecule has 0 unspecified atom stereocenters. The van der Waals surface area contributed by atoms with Gasteiger partial charge in [0.15, 0.2) is 17.3 Å². The molecule has 3 aromatic carbocycles. The number of amides is 1. The highest BCUT2D eigenvalue weighted by atomic mass is 19.1. The Balaban J connectivity index is 1.63. The summed E-state index contributed by atoms with van der Waals surface area (Å²) in [6.45, 7) is 1.80. The minimum absolute atomic E-state index is 0.203. The Bertz CT molecular complexity index is 1320. The molecule has 0 aliphatic rings. The molecular formula is C25H20FNO5. The van der Waals surface area contributed by atoms with Crippen molar-refractivity contribution in [1.82, 2.24) is 0 Å². The molecule has 1 N–H and O–H groups in total. The number of nitrogens with one attached hydrogen (secondary N) is 1. The van der Waals surface area contributed by atoms with E-state index in [1.807, 2.05) is 0 Å². The number of rotatable bonds is 6. The van der Waals surface area contributed by atoms with Crippen LogP contribution in [0.1, 0.15) is 32.0 Å². The van der Waals surface area contributed by atoms with E-state index in [9.17, 15) is 14.0 Å². The van der Waals surface area contributed by atoms with Crippen LogP contribution in [0.5, 0.6) is 11.5 Å². The first-order valence-electron chi connectivity index (χ1n) is 9.78. The van der Waals surface area contributed by atoms with Crippen LogP contribution in [-0.4, -0.2) is 25.9 Å². The van der Waals surface area contributed by atoms with Gasteiger partial charge in [-0.2, -0.15) is 0 Å². The van der Waals surface area contributed by atoms with Crippen LogP contribution in [0, 0.1) is 12.7 Å². The van der Waals surface area contributed by atoms with Crippen LogP contribution in [0.2, 0.25) is 0 Å². The van der Waals surface area contributed by atoms with Gasteiger partial charge >= 0.3 is 0 Å². The van der Waals surface area contributed by atoms with Gasteiger partial charge in [-0.3, -0.25) is 9.59 Å². The molecule has 1 heterocycles. The number of furan rings is 1. The molecule has 0 saturated heterocycles. The highest BCUT2D eigenvalue weighted by Crippen LogP contribution is 2.32. The molecule has 32 heavy (non-hydrogen) atoms. The number of ether oxygens (including phenoxy) is 2. The van der Waals surface area contributed by atoms with Gasteiger partial charge in [0.2, 0.25) is 5.78 Å². The van der Waals surface area contributed by atoms with Crippen LogP contribution in [-0.2, 0) is 0 Å². The van der Waals surface area contributed by atoms with Gasteiger partial charge in [0.05, 0.1) is 14.2 Å². The highest BCUT2D eigenvalue weighted by Gasteiger charge is 2.21. The maximum Gasteiger partial charge on any atom is 0.255 e. The number of ketones is 1. The monoisotopic (exact) mass is 433 g/mol. The molecule has 6 nitrogen and oxygen atoms in total. The molecule has 7 heteroatoms. The SMILES string of the molecule is COc1ccc(C(=O)c2oc3cc(NC(=O)c4ccc(F)cc4)ccc3c2C)cc1OC. The molecule has 0 atom stereocenters. The van der Waals surface area contributed by atoms with Crippen molar-refractivity contribution in [1.29, 1.82) is 0 Å². The van der Waals surface area contributed by atoms with Gasteiger partial charge in [-0.05, 0) is 61.5 Å². The number of benzene rings is 3. The molecule has 0 aliphatic carbocycles. The van der Waals surface area contributed by atoms with E-state index in [1.54, 1.807) is 43.3 Å². The second kappa shape index (κ2) is 8.55. The van der Waals surface area contributed by atoms with Gasteiger partial charge in [-0.15, -0.1) is 0 Å². The summed E-state index contributed by atoms with van der Waals surface area (Å²) in [6.07, 6.45) is 0. The quantitative estimate of drug-likeness (QED) is 0.413. The lowest BCUT2D eigenvalue weighted by molar-refractivity contribution is 0.101. The Hall–Kier alpha value is -4.13. The first-order chi connectivity index (χ1) is 15.4. The third-order valence-corrected chi connectivity index (χ3v) is 5.15. The lowest BCUT2D eigenvalue weighted by Crippen LogP contribution is -2.11. The van der Waals surface area contributed by atoms with Crippen molar-refractivity contribution in [3.63, 3.8) is 0 Å². The first kappa shape index (κ1) is 21.1. The van der Waals surface area contributed by atoms with E-state index in [2.05, 4.69) is 5.32 Å². The predicted octanol–water partition coefficient (Wildman–Crippen LogP) is 5.38. The molecule has 0 radical (unpaired) electrons. The Morgan fingerprint density at radius 2 is 1.56 bits per heavy atom. The maximum absolute atomic E-state index is 13.1. The number of anilines is 1. The third kappa shape index (κ3) is 3.92. The minimum Gasteiger partial charge on any atom is -0.493 e. The van der Waals surface area contributed by atoms with Gasteiger partial charge in [-0.25, -0.2) is 4.39 Å². The van der Waals surface area contributed by atoms with Crippen molar-refractivity contribution in [2.75, 3.05) is 19.5 Å². The Morgan fingerprint density at radius 1 is 0.875 bits per heavy atom. The molecule has 162 valence electrons. The van der Waals surface area contributed by atoms with Crippen molar-refractivity contribution in [3.05, 3.63) is 88.9 Å². The fraction of sp³-hybridized carbons (Fsp3) is 0.120. The lowest BCUT2D eigenvalue weighted by atomic mass is 10.0.